The van der Waals surface area contributed by atoms with Gasteiger partial charge in [0.2, 0.25) is 5.91 Å². The van der Waals surface area contributed by atoms with Crippen LogP contribution in [0.3, 0.4) is 0 Å². The van der Waals surface area contributed by atoms with Crippen molar-refractivity contribution >= 4 is 56.7 Å². The summed E-state index contributed by atoms with van der Waals surface area (Å²) in [6.07, 6.45) is 5.64. The maximum Gasteiger partial charge on any atom is 0.241 e. The summed E-state index contributed by atoms with van der Waals surface area (Å²) in [6, 6.07) is 11.8. The SMILES string of the molecule is O=C(CNc1ncnc2cc(Cl)c(Cl)cc12)N1CCC(N2CCC(O)(c3cccc4cc[nH]c34)CC2)C1. The van der Waals surface area contributed by atoms with Crippen LogP contribution in [-0.2, 0) is 10.4 Å². The van der Waals surface area contributed by atoms with Crippen LogP contribution in [0.4, 0.5) is 5.82 Å². The van der Waals surface area contributed by atoms with Crippen molar-refractivity contribution in [2.45, 2.75) is 30.9 Å². The van der Waals surface area contributed by atoms with Gasteiger partial charge in [-0.15, -0.1) is 0 Å². The number of amides is 1. The van der Waals surface area contributed by atoms with E-state index in [1.807, 2.05) is 29.3 Å². The van der Waals surface area contributed by atoms with E-state index in [9.17, 15) is 9.90 Å². The lowest BCUT2D eigenvalue weighted by atomic mass is 9.83. The number of nitrogens with one attached hydrogen (secondary N) is 2. The molecule has 2 aromatic heterocycles. The van der Waals surface area contributed by atoms with Gasteiger partial charge in [0.25, 0.3) is 0 Å². The largest absolute Gasteiger partial charge is 0.385 e. The Morgan fingerprint density at radius 2 is 1.95 bits per heavy atom. The Morgan fingerprint density at radius 1 is 1.14 bits per heavy atom. The van der Waals surface area contributed by atoms with Gasteiger partial charge in [-0.3, -0.25) is 9.69 Å². The summed E-state index contributed by atoms with van der Waals surface area (Å²) in [5.41, 5.74) is 1.82. The normalized spacial score (nSPS) is 20.1. The zero-order valence-electron chi connectivity index (χ0n) is 20.3. The molecule has 10 heteroatoms. The highest BCUT2D eigenvalue weighted by molar-refractivity contribution is 6.42. The van der Waals surface area contributed by atoms with Gasteiger partial charge in [-0.2, -0.15) is 0 Å². The molecule has 2 aromatic carbocycles. The van der Waals surface area contributed by atoms with Crippen molar-refractivity contribution in [1.82, 2.24) is 24.8 Å². The van der Waals surface area contributed by atoms with E-state index in [0.29, 0.717) is 46.8 Å². The molecule has 1 amide bonds. The predicted molar refractivity (Wildman–Crippen MR) is 146 cm³/mol. The number of carbonyl (C=O) groups excluding carboxylic acids is 1. The Labute approximate surface area is 224 Å². The molecule has 4 heterocycles. The number of fused-ring (bicyclic) bond motifs is 2. The van der Waals surface area contributed by atoms with E-state index in [1.165, 1.54) is 6.33 Å². The number of halogens is 2. The highest BCUT2D eigenvalue weighted by atomic mass is 35.5. The zero-order chi connectivity index (χ0) is 25.6. The monoisotopic (exact) mass is 538 g/mol. The van der Waals surface area contributed by atoms with Gasteiger partial charge in [0.1, 0.15) is 12.1 Å². The summed E-state index contributed by atoms with van der Waals surface area (Å²) in [5.74, 6) is 0.585. The summed E-state index contributed by atoms with van der Waals surface area (Å²) in [4.78, 5) is 29.2. The number of carbonyl (C=O) groups is 1. The minimum absolute atomic E-state index is 0.0289. The number of nitrogens with zero attached hydrogens (tertiary/aromatic N) is 4. The van der Waals surface area contributed by atoms with E-state index >= 15 is 0 Å². The smallest absolute Gasteiger partial charge is 0.241 e. The third-order valence-corrected chi connectivity index (χ3v) is 8.55. The first kappa shape index (κ1) is 24.4. The topological polar surface area (TPSA) is 97.4 Å². The van der Waals surface area contributed by atoms with Gasteiger partial charge >= 0.3 is 0 Å². The number of aromatic amines is 1. The van der Waals surface area contributed by atoms with Gasteiger partial charge in [-0.1, -0.05) is 41.4 Å². The number of hydrogen-bond donors (Lipinski definition) is 3. The van der Waals surface area contributed by atoms with Crippen LogP contribution in [0, 0.1) is 0 Å². The lowest BCUT2D eigenvalue weighted by Gasteiger charge is -2.41. The van der Waals surface area contributed by atoms with Crippen LogP contribution in [-0.4, -0.2) is 74.5 Å². The van der Waals surface area contributed by atoms with Crippen LogP contribution in [0.25, 0.3) is 21.8 Å². The Balaban J connectivity index is 1.06. The van der Waals surface area contributed by atoms with Crippen LogP contribution in [0.15, 0.2) is 48.9 Å². The molecule has 0 bridgehead atoms. The number of benzene rings is 2. The molecular formula is C27H28Cl2N6O2. The molecular weight excluding hydrogens is 511 g/mol. The van der Waals surface area contributed by atoms with E-state index in [-0.39, 0.29) is 12.5 Å². The molecule has 1 unspecified atom stereocenters. The summed E-state index contributed by atoms with van der Waals surface area (Å²) >= 11 is 12.3. The zero-order valence-corrected chi connectivity index (χ0v) is 21.8. The van der Waals surface area contributed by atoms with Crippen LogP contribution in [0.5, 0.6) is 0 Å². The molecule has 8 nitrogen and oxygen atoms in total. The molecule has 4 aromatic rings. The summed E-state index contributed by atoms with van der Waals surface area (Å²) in [6.45, 7) is 3.15. The van der Waals surface area contributed by atoms with Gasteiger partial charge < -0.3 is 20.3 Å². The molecule has 0 radical (unpaired) electrons. The molecule has 2 saturated heterocycles. The van der Waals surface area contributed by atoms with Gasteiger partial charge in [0.15, 0.2) is 0 Å². The van der Waals surface area contributed by atoms with Crippen molar-refractivity contribution in [3.63, 3.8) is 0 Å². The van der Waals surface area contributed by atoms with Crippen molar-refractivity contribution in [2.24, 2.45) is 0 Å². The number of rotatable bonds is 5. The summed E-state index contributed by atoms with van der Waals surface area (Å²) < 4.78 is 0. The van der Waals surface area contributed by atoms with Crippen molar-refractivity contribution in [3.05, 3.63) is 64.5 Å². The van der Waals surface area contributed by atoms with E-state index in [1.54, 1.807) is 12.1 Å². The molecule has 2 aliphatic heterocycles. The van der Waals surface area contributed by atoms with Crippen LogP contribution < -0.4 is 5.32 Å². The average molecular weight is 539 g/mol. The number of aromatic nitrogens is 3. The number of H-pyrrole nitrogens is 1. The first-order valence-electron chi connectivity index (χ1n) is 12.6. The van der Waals surface area contributed by atoms with Crippen LogP contribution in [0.2, 0.25) is 10.0 Å². The summed E-state index contributed by atoms with van der Waals surface area (Å²) in [5, 5.41) is 17.3. The molecule has 3 N–H and O–H groups in total. The molecule has 2 fully saturated rings. The van der Waals surface area contributed by atoms with Gasteiger partial charge in [0, 0.05) is 49.4 Å². The second-order valence-electron chi connectivity index (χ2n) is 9.96. The quantitative estimate of drug-likeness (QED) is 0.348. The first-order valence-corrected chi connectivity index (χ1v) is 13.3. The molecule has 37 heavy (non-hydrogen) atoms. The Bertz CT molecular complexity index is 1470. The second kappa shape index (κ2) is 9.76. The minimum atomic E-state index is -0.841. The Kier molecular flexibility index (Phi) is 6.44. The molecule has 0 spiro atoms. The highest BCUT2D eigenvalue weighted by Gasteiger charge is 2.39. The van der Waals surface area contributed by atoms with E-state index in [4.69, 9.17) is 23.2 Å². The Morgan fingerprint density at radius 3 is 2.78 bits per heavy atom. The van der Waals surface area contributed by atoms with E-state index in [2.05, 4.69) is 31.2 Å². The average Bonchev–Trinajstić information content (AvgIpc) is 3.58. The van der Waals surface area contributed by atoms with E-state index in [0.717, 1.165) is 47.9 Å². The molecule has 0 aliphatic carbocycles. The Hall–Kier alpha value is -2.91. The molecule has 192 valence electrons. The van der Waals surface area contributed by atoms with Gasteiger partial charge in [-0.05, 0) is 42.8 Å². The number of likely N-dealkylation sites (tertiary alicyclic amines) is 2. The summed E-state index contributed by atoms with van der Waals surface area (Å²) in [7, 11) is 0. The maximum atomic E-state index is 13.0. The van der Waals surface area contributed by atoms with Crippen molar-refractivity contribution in [2.75, 3.05) is 38.0 Å². The van der Waals surface area contributed by atoms with Crippen LogP contribution in [0.1, 0.15) is 24.8 Å². The number of piperidine rings is 1. The second-order valence-corrected chi connectivity index (χ2v) is 10.8. The number of aliphatic hydroxyl groups is 1. The highest BCUT2D eigenvalue weighted by Crippen LogP contribution is 2.37. The van der Waals surface area contributed by atoms with Gasteiger partial charge in [-0.25, -0.2) is 9.97 Å². The lowest BCUT2D eigenvalue weighted by Crippen LogP contribution is -2.48. The fourth-order valence-electron chi connectivity index (χ4n) is 5.73. The maximum absolute atomic E-state index is 13.0. The fourth-order valence-corrected chi connectivity index (χ4v) is 6.05. The van der Waals surface area contributed by atoms with Crippen molar-refractivity contribution in [3.8, 4) is 0 Å². The molecule has 1 atom stereocenters. The van der Waals surface area contributed by atoms with Crippen molar-refractivity contribution < 1.29 is 9.90 Å². The van der Waals surface area contributed by atoms with E-state index < -0.39 is 5.60 Å². The fraction of sp³-hybridized carbons (Fsp3) is 0.370. The number of anilines is 1. The lowest BCUT2D eigenvalue weighted by molar-refractivity contribution is -0.128. The third-order valence-electron chi connectivity index (χ3n) is 7.83. The molecule has 2 aliphatic rings. The number of para-hydroxylation sites is 1. The van der Waals surface area contributed by atoms with Crippen LogP contribution >= 0.6 is 23.2 Å². The van der Waals surface area contributed by atoms with Gasteiger partial charge in [0.05, 0.1) is 33.2 Å². The first-order chi connectivity index (χ1) is 17.9. The molecule has 6 rings (SSSR count). The number of hydrogen-bond acceptors (Lipinski definition) is 6. The predicted octanol–water partition coefficient (Wildman–Crippen LogP) is 4.41. The minimum Gasteiger partial charge on any atom is -0.385 e. The molecule has 0 saturated carbocycles. The van der Waals surface area contributed by atoms with Crippen molar-refractivity contribution in [1.29, 1.82) is 0 Å². The third kappa shape index (κ3) is 4.63. The standard InChI is InChI=1S/C27H28Cl2N6O2/c28-21-12-19-23(13-22(21)29)32-16-33-26(19)31-14-24(36)35-9-5-18(15-35)34-10-6-27(37,7-11-34)20-3-1-2-17-4-8-30-25(17)20/h1-4,8,12-13,16,18,30,37H,5-7,9-11,14-15H2,(H,31,32,33).